The number of hydrogen-bond acceptors (Lipinski definition) is 6. The first kappa shape index (κ1) is 18.8. The number of anilines is 1. The van der Waals surface area contributed by atoms with Gasteiger partial charge in [-0.3, -0.25) is 9.59 Å². The quantitative estimate of drug-likeness (QED) is 0.752. The maximum Gasteiger partial charge on any atom is 0.306 e. The monoisotopic (exact) mass is 368 g/mol. The highest BCUT2D eigenvalue weighted by atomic mass is 16.5. The molecule has 0 unspecified atom stereocenters. The molecule has 1 aliphatic rings. The zero-order valence-electron chi connectivity index (χ0n) is 15.2. The Labute approximate surface area is 158 Å². The Hall–Kier alpha value is -2.96. The molecule has 7 nitrogen and oxygen atoms in total. The average Bonchev–Trinajstić information content (AvgIpc) is 2.72. The molecule has 1 amide bonds. The number of amides is 1. The van der Waals surface area contributed by atoms with Gasteiger partial charge in [-0.25, -0.2) is 0 Å². The molecule has 1 saturated heterocycles. The third-order valence-corrected chi connectivity index (χ3v) is 4.79. The summed E-state index contributed by atoms with van der Waals surface area (Å²) >= 11 is 0. The van der Waals surface area contributed by atoms with Gasteiger partial charge >= 0.3 is 5.97 Å². The molecule has 1 aromatic heterocycles. The van der Waals surface area contributed by atoms with E-state index < -0.39 is 5.91 Å². The fourth-order valence-corrected chi connectivity index (χ4v) is 3.25. The highest BCUT2D eigenvalue weighted by Gasteiger charge is 2.21. The summed E-state index contributed by atoms with van der Waals surface area (Å²) in [5, 5.41) is 8.72. The minimum atomic E-state index is -0.629. The summed E-state index contributed by atoms with van der Waals surface area (Å²) < 4.78 is 4.79. The molecule has 1 fully saturated rings. The fourth-order valence-electron chi connectivity index (χ4n) is 3.25. The van der Waals surface area contributed by atoms with Crippen molar-refractivity contribution in [3.63, 3.8) is 0 Å². The first-order valence-electron chi connectivity index (χ1n) is 9.20. The Morgan fingerprint density at radius 3 is 2.44 bits per heavy atom. The summed E-state index contributed by atoms with van der Waals surface area (Å²) in [6.45, 7) is 1.44. The van der Waals surface area contributed by atoms with Gasteiger partial charge in [0.05, 0.1) is 5.69 Å². The zero-order valence-corrected chi connectivity index (χ0v) is 15.2. The second kappa shape index (κ2) is 9.12. The van der Waals surface area contributed by atoms with Gasteiger partial charge in [-0.2, -0.15) is 0 Å². The van der Waals surface area contributed by atoms with Crippen LogP contribution in [0.4, 0.5) is 5.82 Å². The maximum atomic E-state index is 11.6. The van der Waals surface area contributed by atoms with Crippen LogP contribution in [-0.4, -0.2) is 41.8 Å². The lowest BCUT2D eigenvalue weighted by Gasteiger charge is -2.32. The van der Waals surface area contributed by atoms with E-state index in [4.69, 9.17) is 10.5 Å². The number of piperidine rings is 1. The van der Waals surface area contributed by atoms with Gasteiger partial charge in [-0.1, -0.05) is 30.3 Å². The van der Waals surface area contributed by atoms with Gasteiger partial charge < -0.3 is 15.4 Å². The summed E-state index contributed by atoms with van der Waals surface area (Å²) in [7, 11) is 0. The number of carbonyl (C=O) groups excluding carboxylic acids is 2. The summed E-state index contributed by atoms with van der Waals surface area (Å²) in [6, 6.07) is 14.0. The van der Waals surface area contributed by atoms with Crippen molar-refractivity contribution in [2.24, 2.45) is 11.7 Å². The maximum absolute atomic E-state index is 11.6. The normalized spacial score (nSPS) is 14.7. The number of nitrogens with zero attached hydrogens (tertiary/aromatic N) is 3. The van der Waals surface area contributed by atoms with Gasteiger partial charge in [0.15, 0.2) is 12.4 Å². The Morgan fingerprint density at radius 1 is 1.07 bits per heavy atom. The summed E-state index contributed by atoms with van der Waals surface area (Å²) in [6.07, 6.45) is 3.07. The second-order valence-corrected chi connectivity index (χ2v) is 6.74. The van der Waals surface area contributed by atoms with E-state index in [2.05, 4.69) is 15.1 Å². The molecular weight excluding hydrogens is 344 g/mol. The van der Waals surface area contributed by atoms with Crippen LogP contribution in [0.25, 0.3) is 11.3 Å². The predicted octanol–water partition coefficient (Wildman–Crippen LogP) is 2.17. The highest BCUT2D eigenvalue weighted by molar-refractivity contribution is 5.78. The van der Waals surface area contributed by atoms with Crippen LogP contribution in [0.3, 0.4) is 0 Å². The van der Waals surface area contributed by atoms with Gasteiger partial charge in [0.1, 0.15) is 0 Å². The van der Waals surface area contributed by atoms with E-state index in [1.165, 1.54) is 0 Å². The van der Waals surface area contributed by atoms with Gasteiger partial charge in [0, 0.05) is 25.1 Å². The molecule has 0 saturated carbocycles. The Balaban J connectivity index is 1.45. The predicted molar refractivity (Wildman–Crippen MR) is 102 cm³/mol. The van der Waals surface area contributed by atoms with E-state index in [0.717, 1.165) is 49.4 Å². The van der Waals surface area contributed by atoms with E-state index in [9.17, 15) is 9.59 Å². The van der Waals surface area contributed by atoms with Crippen LogP contribution in [0.2, 0.25) is 0 Å². The van der Waals surface area contributed by atoms with E-state index in [1.807, 2.05) is 42.5 Å². The molecule has 2 aromatic rings. The second-order valence-electron chi connectivity index (χ2n) is 6.74. The summed E-state index contributed by atoms with van der Waals surface area (Å²) in [5.74, 6) is 0.363. The number of aromatic nitrogens is 2. The van der Waals surface area contributed by atoms with Gasteiger partial charge in [-0.15, -0.1) is 10.2 Å². The fraction of sp³-hybridized carbons (Fsp3) is 0.400. The lowest BCUT2D eigenvalue weighted by atomic mass is 9.92. The summed E-state index contributed by atoms with van der Waals surface area (Å²) in [5.41, 5.74) is 6.88. The minimum absolute atomic E-state index is 0.323. The van der Waals surface area contributed by atoms with Crippen molar-refractivity contribution in [3.05, 3.63) is 42.5 Å². The number of benzene rings is 1. The number of primary amides is 1. The molecule has 1 aliphatic heterocycles. The van der Waals surface area contributed by atoms with Crippen molar-refractivity contribution in [2.75, 3.05) is 24.6 Å². The number of carbonyl (C=O) groups is 2. The molecule has 0 radical (unpaired) electrons. The van der Waals surface area contributed by atoms with E-state index >= 15 is 0 Å². The molecular formula is C20H24N4O3. The molecule has 3 rings (SSSR count). The van der Waals surface area contributed by atoms with E-state index in [-0.39, 0.29) is 12.6 Å². The van der Waals surface area contributed by atoms with Crippen molar-refractivity contribution in [2.45, 2.75) is 25.7 Å². The first-order valence-corrected chi connectivity index (χ1v) is 9.20. The molecule has 0 atom stereocenters. The number of nitrogens with two attached hydrogens (primary N) is 1. The molecule has 0 bridgehead atoms. The van der Waals surface area contributed by atoms with Crippen LogP contribution in [-0.2, 0) is 14.3 Å². The molecule has 1 aromatic carbocycles. The smallest absolute Gasteiger partial charge is 0.306 e. The van der Waals surface area contributed by atoms with Crippen molar-refractivity contribution in [1.82, 2.24) is 10.2 Å². The molecule has 0 spiro atoms. The van der Waals surface area contributed by atoms with Crippen LogP contribution in [0, 0.1) is 5.92 Å². The Kier molecular flexibility index (Phi) is 6.35. The number of hydrogen-bond donors (Lipinski definition) is 1. The van der Waals surface area contributed by atoms with Crippen LogP contribution in [0.1, 0.15) is 25.7 Å². The van der Waals surface area contributed by atoms with Crippen molar-refractivity contribution >= 4 is 17.7 Å². The largest absolute Gasteiger partial charge is 0.456 e. The van der Waals surface area contributed by atoms with E-state index in [1.54, 1.807) is 0 Å². The Bertz CT molecular complexity index is 757. The standard InChI is InChI=1S/C20H24N4O3/c21-18(25)14-27-20(26)9-6-15-10-12-24(13-11-15)19-8-7-17(22-23-19)16-4-2-1-3-5-16/h1-5,7-8,15H,6,9-14H2,(H2,21,25). The SMILES string of the molecule is NC(=O)COC(=O)CCC1CCN(c2ccc(-c3ccccc3)nn2)CC1. The molecule has 0 aliphatic carbocycles. The number of ether oxygens (including phenoxy) is 1. The van der Waals surface area contributed by atoms with Crippen LogP contribution < -0.4 is 10.6 Å². The molecule has 7 heteroatoms. The van der Waals surface area contributed by atoms with Crippen molar-refractivity contribution in [3.8, 4) is 11.3 Å². The van der Waals surface area contributed by atoms with Gasteiger partial charge in [0.2, 0.25) is 0 Å². The Morgan fingerprint density at radius 2 is 1.81 bits per heavy atom. The lowest BCUT2D eigenvalue weighted by molar-refractivity contribution is -0.148. The van der Waals surface area contributed by atoms with Crippen molar-refractivity contribution < 1.29 is 14.3 Å². The highest BCUT2D eigenvalue weighted by Crippen LogP contribution is 2.26. The molecule has 142 valence electrons. The van der Waals surface area contributed by atoms with Crippen LogP contribution in [0.5, 0.6) is 0 Å². The van der Waals surface area contributed by atoms with E-state index in [0.29, 0.717) is 12.3 Å². The van der Waals surface area contributed by atoms with Crippen LogP contribution >= 0.6 is 0 Å². The minimum Gasteiger partial charge on any atom is -0.456 e. The molecule has 27 heavy (non-hydrogen) atoms. The zero-order chi connectivity index (χ0) is 19.1. The lowest BCUT2D eigenvalue weighted by Crippen LogP contribution is -2.34. The van der Waals surface area contributed by atoms with Gasteiger partial charge in [0.25, 0.3) is 5.91 Å². The molecule has 2 N–H and O–H groups in total. The van der Waals surface area contributed by atoms with Crippen LogP contribution in [0.15, 0.2) is 42.5 Å². The first-order chi connectivity index (χ1) is 13.1. The summed E-state index contributed by atoms with van der Waals surface area (Å²) in [4.78, 5) is 24.4. The number of rotatable bonds is 7. The van der Waals surface area contributed by atoms with Gasteiger partial charge in [-0.05, 0) is 37.3 Å². The molecule has 2 heterocycles. The average molecular weight is 368 g/mol. The third kappa shape index (κ3) is 5.51. The van der Waals surface area contributed by atoms with Crippen molar-refractivity contribution in [1.29, 1.82) is 0 Å². The number of esters is 1. The third-order valence-electron chi connectivity index (χ3n) is 4.79. The topological polar surface area (TPSA) is 98.4 Å².